The Labute approximate surface area is 251 Å². The molecule has 4 rings (SSSR count). The molecule has 1 heterocycles. The predicted molar refractivity (Wildman–Crippen MR) is 164 cm³/mol. The fraction of sp³-hybridized carbons (Fsp3) is 0.625. The van der Waals surface area contributed by atoms with Crippen LogP contribution in [-0.2, 0) is 32.7 Å². The van der Waals surface area contributed by atoms with Gasteiger partial charge in [-0.1, -0.05) is 70.8 Å². The van der Waals surface area contributed by atoms with E-state index in [9.17, 15) is 18.0 Å². The molecular weight excluding hydrogens is 558 g/mol. The lowest BCUT2D eigenvalue weighted by Crippen LogP contribution is -2.49. The number of fused-ring (bicyclic) bond motifs is 2. The Bertz CT molecular complexity index is 1350. The van der Waals surface area contributed by atoms with E-state index in [1.165, 1.54) is 4.31 Å². The lowest BCUT2D eigenvalue weighted by molar-refractivity contribution is -0.132. The summed E-state index contributed by atoms with van der Waals surface area (Å²) in [5.74, 6) is 0.0919. The lowest BCUT2D eigenvalue weighted by atomic mass is 9.70. The topological polar surface area (TPSA) is 79.7 Å². The third-order valence-corrected chi connectivity index (χ3v) is 11.9. The molecule has 0 aliphatic heterocycles. The van der Waals surface area contributed by atoms with Gasteiger partial charge in [-0.25, -0.2) is 8.42 Å². The zero-order valence-electron chi connectivity index (χ0n) is 25.2. The highest BCUT2D eigenvalue weighted by molar-refractivity contribution is 7.89. The number of Topliss-reactive ketones (excluding diaryl/α,β-unsaturated/α-hetero) is 1. The monoisotopic (exact) mass is 603 g/mol. The summed E-state index contributed by atoms with van der Waals surface area (Å²) >= 11 is 6.41. The molecule has 0 N–H and O–H groups in total. The second-order valence-corrected chi connectivity index (χ2v) is 15.4. The molecule has 0 saturated heterocycles. The van der Waals surface area contributed by atoms with Gasteiger partial charge in [0.25, 0.3) is 0 Å². The number of aromatic nitrogens is 1. The van der Waals surface area contributed by atoms with Gasteiger partial charge < -0.3 is 9.47 Å². The summed E-state index contributed by atoms with van der Waals surface area (Å²) in [5.41, 5.74) is 0.731. The van der Waals surface area contributed by atoms with Crippen molar-refractivity contribution in [3.63, 3.8) is 0 Å². The summed E-state index contributed by atoms with van der Waals surface area (Å²) in [4.78, 5) is 28.8. The van der Waals surface area contributed by atoms with Crippen molar-refractivity contribution in [3.05, 3.63) is 58.9 Å². The van der Waals surface area contributed by atoms with E-state index < -0.39 is 15.4 Å². The predicted octanol–water partition coefficient (Wildman–Crippen LogP) is 6.00. The van der Waals surface area contributed by atoms with Gasteiger partial charge in [0.2, 0.25) is 15.9 Å². The van der Waals surface area contributed by atoms with E-state index >= 15 is 0 Å². The maximum atomic E-state index is 14.0. The number of rotatable bonds is 14. The molecule has 2 fully saturated rings. The van der Waals surface area contributed by atoms with Crippen molar-refractivity contribution >= 4 is 33.3 Å². The number of benzene rings is 1. The Hall–Kier alpha value is -2.16. The fourth-order valence-electron chi connectivity index (χ4n) is 6.86. The van der Waals surface area contributed by atoms with Crippen LogP contribution in [0.4, 0.5) is 0 Å². The van der Waals surface area contributed by atoms with Crippen molar-refractivity contribution in [2.24, 2.45) is 22.7 Å². The molecule has 1 amide bonds. The van der Waals surface area contributed by atoms with Crippen LogP contribution in [0, 0.1) is 22.7 Å². The maximum Gasteiger partial charge on any atom is 0.238 e. The van der Waals surface area contributed by atoms with Crippen LogP contribution in [0.1, 0.15) is 78.0 Å². The number of nitrogens with zero attached hydrogens (tertiary/aromatic N) is 3. The van der Waals surface area contributed by atoms with Crippen LogP contribution in [0.5, 0.6) is 0 Å². The van der Waals surface area contributed by atoms with Crippen LogP contribution in [-0.4, -0.2) is 59.3 Å². The van der Waals surface area contributed by atoms with Crippen LogP contribution in [0.2, 0.25) is 5.02 Å². The first-order chi connectivity index (χ1) is 19.3. The smallest absolute Gasteiger partial charge is 0.238 e. The molecule has 9 heteroatoms. The van der Waals surface area contributed by atoms with Gasteiger partial charge in [0, 0.05) is 48.4 Å². The minimum Gasteiger partial charge on any atom is -0.345 e. The first-order valence-electron chi connectivity index (χ1n) is 15.0. The molecule has 226 valence electrons. The Balaban J connectivity index is 1.54. The summed E-state index contributed by atoms with van der Waals surface area (Å²) in [6.45, 7) is 11.7. The molecule has 2 aliphatic rings. The van der Waals surface area contributed by atoms with Gasteiger partial charge in [0.05, 0.1) is 18.8 Å². The molecule has 2 aromatic rings. The number of ketones is 1. The maximum absolute atomic E-state index is 14.0. The molecule has 0 radical (unpaired) electrons. The van der Waals surface area contributed by atoms with E-state index in [2.05, 4.69) is 32.3 Å². The van der Waals surface area contributed by atoms with Crippen LogP contribution in [0.3, 0.4) is 0 Å². The number of carbonyl (C=O) groups is 2. The van der Waals surface area contributed by atoms with E-state index in [0.29, 0.717) is 43.9 Å². The third-order valence-electron chi connectivity index (χ3n) is 9.55. The molecule has 2 unspecified atom stereocenters. The van der Waals surface area contributed by atoms with E-state index in [1.807, 2.05) is 49.5 Å². The van der Waals surface area contributed by atoms with Crippen LogP contribution in [0.15, 0.2) is 42.6 Å². The van der Waals surface area contributed by atoms with E-state index in [4.69, 9.17) is 11.6 Å². The van der Waals surface area contributed by atoms with Crippen molar-refractivity contribution in [1.82, 2.24) is 13.8 Å². The summed E-state index contributed by atoms with van der Waals surface area (Å²) < 4.78 is 31.4. The van der Waals surface area contributed by atoms with Crippen molar-refractivity contribution in [1.29, 1.82) is 0 Å². The SMILES string of the molecule is CCCCN(CC(=O)N(Cc1cccn1Cc1ccccc1Cl)CC(C)C)S(=O)(=O)CC12CCC(CC1=O)C2(C)C. The highest BCUT2D eigenvalue weighted by Gasteiger charge is 2.65. The first-order valence-corrected chi connectivity index (χ1v) is 17.0. The molecule has 0 spiro atoms. The fourth-order valence-corrected chi connectivity index (χ4v) is 9.25. The number of unbranched alkanes of at least 4 members (excludes halogenated alkanes) is 1. The standard InChI is InChI=1S/C32H46ClN3O4S/c1-6-7-17-36(41(39,40)23-32-15-14-26(18-29(32)37)31(32,4)5)22-30(38)35(19-24(2)3)21-27-12-10-16-34(27)20-25-11-8-9-13-28(25)33/h8-13,16,24,26H,6-7,14-15,17-23H2,1-5H3. The molecule has 2 bridgehead atoms. The van der Waals surface area contributed by atoms with Gasteiger partial charge in [0.15, 0.2) is 0 Å². The van der Waals surface area contributed by atoms with E-state index in [0.717, 1.165) is 24.1 Å². The van der Waals surface area contributed by atoms with Crippen molar-refractivity contribution in [2.45, 2.75) is 79.8 Å². The molecule has 41 heavy (non-hydrogen) atoms. The number of sulfonamides is 1. The molecule has 2 saturated carbocycles. The van der Waals surface area contributed by atoms with Crippen molar-refractivity contribution in [3.8, 4) is 0 Å². The second-order valence-electron chi connectivity index (χ2n) is 13.0. The number of hydrogen-bond donors (Lipinski definition) is 0. The first kappa shape index (κ1) is 31.8. The molecule has 1 aromatic carbocycles. The highest BCUT2D eigenvalue weighted by atomic mass is 35.5. The summed E-state index contributed by atoms with van der Waals surface area (Å²) in [7, 11) is -3.85. The largest absolute Gasteiger partial charge is 0.345 e. The number of halogens is 1. The summed E-state index contributed by atoms with van der Waals surface area (Å²) in [6, 6.07) is 11.7. The normalized spacial score (nSPS) is 21.8. The Morgan fingerprint density at radius 2 is 1.90 bits per heavy atom. The van der Waals surface area contributed by atoms with Gasteiger partial charge in [-0.15, -0.1) is 0 Å². The zero-order valence-corrected chi connectivity index (χ0v) is 26.8. The quantitative estimate of drug-likeness (QED) is 0.265. The van der Waals surface area contributed by atoms with Gasteiger partial charge in [-0.05, 0) is 60.3 Å². The average molecular weight is 604 g/mol. The second kappa shape index (κ2) is 12.6. The average Bonchev–Trinajstić information content (AvgIpc) is 3.48. The number of hydrogen-bond acceptors (Lipinski definition) is 4. The van der Waals surface area contributed by atoms with Gasteiger partial charge in [-0.2, -0.15) is 4.31 Å². The van der Waals surface area contributed by atoms with Crippen LogP contribution < -0.4 is 0 Å². The molecule has 2 atom stereocenters. The minimum atomic E-state index is -3.85. The molecule has 2 aliphatic carbocycles. The van der Waals surface area contributed by atoms with Gasteiger partial charge in [0.1, 0.15) is 5.78 Å². The van der Waals surface area contributed by atoms with Crippen molar-refractivity contribution < 1.29 is 18.0 Å². The van der Waals surface area contributed by atoms with E-state index in [-0.39, 0.29) is 47.8 Å². The lowest BCUT2D eigenvalue weighted by Gasteiger charge is -2.38. The number of amides is 1. The zero-order chi connectivity index (χ0) is 30.0. The molecular formula is C32H46ClN3O4S. The molecule has 7 nitrogen and oxygen atoms in total. The Morgan fingerprint density at radius 3 is 2.51 bits per heavy atom. The highest BCUT2D eigenvalue weighted by Crippen LogP contribution is 2.64. The number of carbonyl (C=O) groups excluding carboxylic acids is 2. The minimum absolute atomic E-state index is 0.0739. The van der Waals surface area contributed by atoms with Crippen LogP contribution >= 0.6 is 11.6 Å². The Kier molecular flexibility index (Phi) is 9.76. The van der Waals surface area contributed by atoms with Gasteiger partial charge >= 0.3 is 0 Å². The van der Waals surface area contributed by atoms with Gasteiger partial charge in [-0.3, -0.25) is 9.59 Å². The van der Waals surface area contributed by atoms with E-state index in [1.54, 1.807) is 4.90 Å². The van der Waals surface area contributed by atoms with Crippen molar-refractivity contribution in [2.75, 3.05) is 25.4 Å². The molecule has 1 aromatic heterocycles. The Morgan fingerprint density at radius 1 is 1.17 bits per heavy atom. The summed E-state index contributed by atoms with van der Waals surface area (Å²) in [5, 5.41) is 0.691. The summed E-state index contributed by atoms with van der Waals surface area (Å²) in [6.07, 6.45) is 5.40. The third kappa shape index (κ3) is 6.60. The van der Waals surface area contributed by atoms with Crippen LogP contribution in [0.25, 0.3) is 0 Å².